The maximum atomic E-state index is 8.76. The first-order valence-electron chi connectivity index (χ1n) is 6.59. The summed E-state index contributed by atoms with van der Waals surface area (Å²) in [6, 6.07) is 8.06. The molecule has 2 aromatic rings. The summed E-state index contributed by atoms with van der Waals surface area (Å²) >= 11 is 0. The zero-order valence-electron chi connectivity index (χ0n) is 11.4. The zero-order valence-corrected chi connectivity index (χ0v) is 11.4. The van der Waals surface area contributed by atoms with Crippen LogP contribution in [0, 0.1) is 5.92 Å². The third-order valence-corrected chi connectivity index (χ3v) is 3.28. The highest BCUT2D eigenvalue weighted by molar-refractivity contribution is 5.82. The third-order valence-electron chi connectivity index (χ3n) is 3.28. The van der Waals surface area contributed by atoms with Crippen molar-refractivity contribution in [1.82, 2.24) is 9.55 Å². The van der Waals surface area contributed by atoms with Gasteiger partial charge in [-0.2, -0.15) is 0 Å². The molecule has 5 nitrogen and oxygen atoms in total. The molecule has 0 aliphatic rings. The zero-order chi connectivity index (χ0) is 13.8. The number of aromatic nitrogens is 2. The number of nitrogens with zero attached hydrogens (tertiary/aromatic N) is 3. The van der Waals surface area contributed by atoms with Crippen LogP contribution in [0.5, 0.6) is 0 Å². The molecule has 0 radical (unpaired) electrons. The Labute approximate surface area is 112 Å². The van der Waals surface area contributed by atoms with E-state index >= 15 is 0 Å². The first-order chi connectivity index (χ1) is 9.17. The first kappa shape index (κ1) is 13.4. The Morgan fingerprint density at radius 2 is 2.21 bits per heavy atom. The SMILES string of the molecule is CCCc1nc2ccccc2n1CC(C)/C(N)=N/O. The van der Waals surface area contributed by atoms with Crippen LogP contribution in [-0.4, -0.2) is 20.6 Å². The minimum absolute atomic E-state index is 0.0294. The number of rotatable bonds is 5. The van der Waals surface area contributed by atoms with Crippen LogP contribution in [-0.2, 0) is 13.0 Å². The second kappa shape index (κ2) is 5.73. The van der Waals surface area contributed by atoms with E-state index in [1.807, 2.05) is 25.1 Å². The highest BCUT2D eigenvalue weighted by atomic mass is 16.4. The summed E-state index contributed by atoms with van der Waals surface area (Å²) in [6.07, 6.45) is 1.97. The molecule has 102 valence electrons. The second-order valence-corrected chi connectivity index (χ2v) is 4.80. The van der Waals surface area contributed by atoms with Gasteiger partial charge in [-0.1, -0.05) is 31.1 Å². The molecule has 0 aliphatic carbocycles. The van der Waals surface area contributed by atoms with Crippen LogP contribution in [0.3, 0.4) is 0 Å². The van der Waals surface area contributed by atoms with Crippen LogP contribution in [0.15, 0.2) is 29.4 Å². The Bertz CT molecular complexity index is 588. The van der Waals surface area contributed by atoms with Crippen LogP contribution >= 0.6 is 0 Å². The van der Waals surface area contributed by atoms with Crippen LogP contribution < -0.4 is 5.73 Å². The van der Waals surface area contributed by atoms with E-state index in [4.69, 9.17) is 10.9 Å². The summed E-state index contributed by atoms with van der Waals surface area (Å²) < 4.78 is 2.17. The summed E-state index contributed by atoms with van der Waals surface area (Å²) in [5.74, 6) is 1.28. The summed E-state index contributed by atoms with van der Waals surface area (Å²) in [6.45, 7) is 4.75. The molecule has 5 heteroatoms. The van der Waals surface area contributed by atoms with Crippen LogP contribution in [0.25, 0.3) is 11.0 Å². The molecule has 2 rings (SSSR count). The fraction of sp³-hybridized carbons (Fsp3) is 0.429. The lowest BCUT2D eigenvalue weighted by Crippen LogP contribution is -2.26. The number of aryl methyl sites for hydroxylation is 1. The molecular weight excluding hydrogens is 240 g/mol. The van der Waals surface area contributed by atoms with Crippen molar-refractivity contribution in [1.29, 1.82) is 0 Å². The average molecular weight is 260 g/mol. The van der Waals surface area contributed by atoms with E-state index in [2.05, 4.69) is 27.7 Å². The van der Waals surface area contributed by atoms with Crippen molar-refractivity contribution in [2.24, 2.45) is 16.8 Å². The molecule has 0 amide bonds. The molecule has 0 spiro atoms. The number of amidine groups is 1. The Balaban J connectivity index is 2.41. The standard InChI is InChI=1S/C14H20N4O/c1-3-6-13-16-11-7-4-5-8-12(11)18(13)9-10(2)14(15)17-19/h4-5,7-8,10,19H,3,6,9H2,1-2H3,(H2,15,17). The lowest BCUT2D eigenvalue weighted by atomic mass is 10.1. The van der Waals surface area contributed by atoms with E-state index in [0.29, 0.717) is 6.54 Å². The third kappa shape index (κ3) is 2.70. The van der Waals surface area contributed by atoms with E-state index < -0.39 is 0 Å². The number of hydrogen-bond donors (Lipinski definition) is 2. The van der Waals surface area contributed by atoms with Crippen molar-refractivity contribution in [2.45, 2.75) is 33.2 Å². The minimum atomic E-state index is -0.0294. The Morgan fingerprint density at radius 3 is 2.89 bits per heavy atom. The van der Waals surface area contributed by atoms with Crippen molar-refractivity contribution < 1.29 is 5.21 Å². The van der Waals surface area contributed by atoms with Gasteiger partial charge in [-0.15, -0.1) is 0 Å². The highest BCUT2D eigenvalue weighted by Gasteiger charge is 2.14. The fourth-order valence-corrected chi connectivity index (χ4v) is 2.21. The van der Waals surface area contributed by atoms with Crippen LogP contribution in [0.1, 0.15) is 26.1 Å². The van der Waals surface area contributed by atoms with Gasteiger partial charge in [0.15, 0.2) is 0 Å². The molecule has 0 bridgehead atoms. The number of fused-ring (bicyclic) bond motifs is 1. The lowest BCUT2D eigenvalue weighted by Gasteiger charge is -2.14. The molecule has 1 unspecified atom stereocenters. The second-order valence-electron chi connectivity index (χ2n) is 4.80. The van der Waals surface area contributed by atoms with E-state index in [1.165, 1.54) is 0 Å². The normalized spacial score (nSPS) is 13.9. The monoisotopic (exact) mass is 260 g/mol. The first-order valence-corrected chi connectivity index (χ1v) is 6.59. The molecule has 1 atom stereocenters. The van der Waals surface area contributed by atoms with Gasteiger partial charge in [0.2, 0.25) is 0 Å². The summed E-state index contributed by atoms with van der Waals surface area (Å²) in [4.78, 5) is 4.66. The predicted octanol–water partition coefficient (Wildman–Crippen LogP) is 2.37. The molecule has 0 saturated carbocycles. The number of nitrogens with two attached hydrogens (primary N) is 1. The van der Waals surface area contributed by atoms with E-state index in [1.54, 1.807) is 0 Å². The number of imidazole rings is 1. The topological polar surface area (TPSA) is 76.4 Å². The largest absolute Gasteiger partial charge is 0.409 e. The molecule has 0 saturated heterocycles. The Kier molecular flexibility index (Phi) is 4.04. The predicted molar refractivity (Wildman–Crippen MR) is 76.3 cm³/mol. The molecule has 1 aromatic heterocycles. The van der Waals surface area contributed by atoms with Crippen molar-refractivity contribution >= 4 is 16.9 Å². The summed E-state index contributed by atoms with van der Waals surface area (Å²) in [5, 5.41) is 11.8. The fourth-order valence-electron chi connectivity index (χ4n) is 2.21. The lowest BCUT2D eigenvalue weighted by molar-refractivity contribution is 0.313. The minimum Gasteiger partial charge on any atom is -0.409 e. The maximum Gasteiger partial charge on any atom is 0.143 e. The van der Waals surface area contributed by atoms with Crippen LogP contribution in [0.4, 0.5) is 0 Å². The molecule has 1 heterocycles. The average Bonchev–Trinajstić information content (AvgIpc) is 2.76. The molecule has 0 aliphatic heterocycles. The molecular formula is C14H20N4O. The van der Waals surface area contributed by atoms with Gasteiger partial charge in [0, 0.05) is 18.9 Å². The highest BCUT2D eigenvalue weighted by Crippen LogP contribution is 2.19. The quantitative estimate of drug-likeness (QED) is 0.375. The van der Waals surface area contributed by atoms with Gasteiger partial charge in [-0.05, 0) is 18.6 Å². The van der Waals surface area contributed by atoms with Gasteiger partial charge in [-0.25, -0.2) is 4.98 Å². The smallest absolute Gasteiger partial charge is 0.143 e. The van der Waals surface area contributed by atoms with Gasteiger partial charge in [0.05, 0.1) is 11.0 Å². The molecule has 19 heavy (non-hydrogen) atoms. The summed E-state index contributed by atoms with van der Waals surface area (Å²) in [7, 11) is 0. The van der Waals surface area contributed by atoms with E-state index in [0.717, 1.165) is 29.7 Å². The molecule has 0 fully saturated rings. The van der Waals surface area contributed by atoms with E-state index in [9.17, 15) is 0 Å². The number of hydrogen-bond acceptors (Lipinski definition) is 3. The Morgan fingerprint density at radius 1 is 1.47 bits per heavy atom. The number of benzene rings is 1. The van der Waals surface area contributed by atoms with Crippen molar-refractivity contribution in [3.63, 3.8) is 0 Å². The Hall–Kier alpha value is -2.04. The van der Waals surface area contributed by atoms with Crippen molar-refractivity contribution in [2.75, 3.05) is 0 Å². The van der Waals surface area contributed by atoms with Gasteiger partial charge in [-0.3, -0.25) is 0 Å². The van der Waals surface area contributed by atoms with Gasteiger partial charge in [0.1, 0.15) is 11.7 Å². The van der Waals surface area contributed by atoms with Gasteiger partial charge in [0.25, 0.3) is 0 Å². The number of oxime groups is 1. The maximum absolute atomic E-state index is 8.76. The van der Waals surface area contributed by atoms with Crippen molar-refractivity contribution in [3.8, 4) is 0 Å². The molecule has 3 N–H and O–H groups in total. The van der Waals surface area contributed by atoms with Crippen molar-refractivity contribution in [3.05, 3.63) is 30.1 Å². The number of para-hydroxylation sites is 2. The van der Waals surface area contributed by atoms with E-state index in [-0.39, 0.29) is 11.8 Å². The van der Waals surface area contributed by atoms with Crippen LogP contribution in [0.2, 0.25) is 0 Å². The summed E-state index contributed by atoms with van der Waals surface area (Å²) in [5.41, 5.74) is 7.77. The van der Waals surface area contributed by atoms with Gasteiger partial charge >= 0.3 is 0 Å². The van der Waals surface area contributed by atoms with Gasteiger partial charge < -0.3 is 15.5 Å². The molecule has 1 aromatic carbocycles.